The van der Waals surface area contributed by atoms with Gasteiger partial charge in [0.15, 0.2) is 11.5 Å². The number of hydrogen-bond acceptors (Lipinski definition) is 6. The van der Waals surface area contributed by atoms with Gasteiger partial charge in [-0.1, -0.05) is 23.8 Å². The number of pyridine rings is 1. The van der Waals surface area contributed by atoms with Gasteiger partial charge < -0.3 is 16.0 Å². The van der Waals surface area contributed by atoms with Gasteiger partial charge in [0.1, 0.15) is 5.52 Å². The van der Waals surface area contributed by atoms with Crippen molar-refractivity contribution in [3.63, 3.8) is 0 Å². The topological polar surface area (TPSA) is 110 Å². The van der Waals surface area contributed by atoms with Crippen LogP contribution >= 0.6 is 22.9 Å². The van der Waals surface area contributed by atoms with E-state index in [0.29, 0.717) is 22.2 Å². The molecule has 1 amide bonds. The summed E-state index contributed by atoms with van der Waals surface area (Å²) < 4.78 is 0. The van der Waals surface area contributed by atoms with Crippen molar-refractivity contribution in [3.8, 4) is 10.7 Å². The molecule has 0 aromatic carbocycles. The van der Waals surface area contributed by atoms with Gasteiger partial charge >= 0.3 is 0 Å². The summed E-state index contributed by atoms with van der Waals surface area (Å²) >= 11 is 8.01. The van der Waals surface area contributed by atoms with Crippen LogP contribution in [0.15, 0.2) is 24.5 Å². The molecule has 9 heteroatoms. The monoisotopic (exact) mass is 400 g/mol. The summed E-state index contributed by atoms with van der Waals surface area (Å²) in [5.74, 6) is 0.631. The summed E-state index contributed by atoms with van der Waals surface area (Å²) in [5, 5.41) is 4.92. The van der Waals surface area contributed by atoms with Crippen LogP contribution in [0, 0.1) is 24.7 Å². The molecule has 1 fully saturated rings. The fourth-order valence-electron chi connectivity index (χ4n) is 4.24. The van der Waals surface area contributed by atoms with E-state index in [1.165, 1.54) is 0 Å². The lowest BCUT2D eigenvalue weighted by atomic mass is 9.88. The Kier molecular flexibility index (Phi) is 3.73. The predicted molar refractivity (Wildman–Crippen MR) is 106 cm³/mol. The van der Waals surface area contributed by atoms with Gasteiger partial charge in [0.05, 0.1) is 32.7 Å². The van der Waals surface area contributed by atoms with Crippen LogP contribution in [0.1, 0.15) is 11.4 Å². The van der Waals surface area contributed by atoms with Crippen LogP contribution in [0.3, 0.4) is 0 Å². The van der Waals surface area contributed by atoms with Crippen molar-refractivity contribution < 1.29 is 4.79 Å². The molecule has 2 bridgehead atoms. The molecule has 27 heavy (non-hydrogen) atoms. The molecule has 4 atom stereocenters. The van der Waals surface area contributed by atoms with Crippen molar-refractivity contribution in [1.29, 1.82) is 0 Å². The molecule has 2 aliphatic carbocycles. The Labute approximate surface area is 164 Å². The van der Waals surface area contributed by atoms with E-state index < -0.39 is 0 Å². The predicted octanol–water partition coefficient (Wildman–Crippen LogP) is 3.13. The quantitative estimate of drug-likeness (QED) is 0.583. The summed E-state index contributed by atoms with van der Waals surface area (Å²) in [6.07, 6.45) is 8.56. The first-order valence-corrected chi connectivity index (χ1v) is 9.92. The minimum atomic E-state index is -0.281. The van der Waals surface area contributed by atoms with E-state index in [0.717, 1.165) is 21.8 Å². The molecule has 3 aromatic rings. The molecule has 4 N–H and O–H groups in total. The number of aromatic nitrogens is 4. The fourth-order valence-corrected chi connectivity index (χ4v) is 5.16. The van der Waals surface area contributed by atoms with E-state index in [2.05, 4.69) is 37.4 Å². The smallest absolute Gasteiger partial charge is 0.223 e. The van der Waals surface area contributed by atoms with Gasteiger partial charge in [0, 0.05) is 12.2 Å². The lowest BCUT2D eigenvalue weighted by molar-refractivity contribution is -0.122. The second-order valence-electron chi connectivity index (χ2n) is 7.06. The third-order valence-electron chi connectivity index (χ3n) is 5.43. The number of nitrogens with one attached hydrogen (secondary N) is 2. The van der Waals surface area contributed by atoms with Crippen molar-refractivity contribution in [2.75, 3.05) is 5.32 Å². The van der Waals surface area contributed by atoms with Crippen molar-refractivity contribution >= 4 is 45.7 Å². The second kappa shape index (κ2) is 6.03. The zero-order valence-electron chi connectivity index (χ0n) is 14.4. The van der Waals surface area contributed by atoms with Gasteiger partial charge in [0.2, 0.25) is 5.91 Å². The number of thiazole rings is 1. The Morgan fingerprint density at radius 2 is 2.15 bits per heavy atom. The van der Waals surface area contributed by atoms with Gasteiger partial charge in [0.25, 0.3) is 0 Å². The molecule has 0 spiro atoms. The maximum absolute atomic E-state index is 12.0. The minimum Gasteiger partial charge on any atom is -0.378 e. The summed E-state index contributed by atoms with van der Waals surface area (Å²) in [6, 6.07) is -0.0852. The average molecular weight is 401 g/mol. The zero-order valence-corrected chi connectivity index (χ0v) is 16.0. The lowest BCUT2D eigenvalue weighted by Crippen LogP contribution is -2.41. The molecule has 0 saturated heterocycles. The Morgan fingerprint density at radius 3 is 2.89 bits per heavy atom. The fraction of sp³-hybridized carbons (Fsp3) is 0.333. The van der Waals surface area contributed by atoms with E-state index in [4.69, 9.17) is 17.3 Å². The highest BCUT2D eigenvalue weighted by atomic mass is 35.5. The van der Waals surface area contributed by atoms with E-state index in [1.807, 2.05) is 6.92 Å². The Hall–Kier alpha value is -2.45. The van der Waals surface area contributed by atoms with Crippen LogP contribution in [-0.4, -0.2) is 31.9 Å². The molecule has 1 saturated carbocycles. The Morgan fingerprint density at radius 1 is 1.33 bits per heavy atom. The highest BCUT2D eigenvalue weighted by molar-refractivity contribution is 7.14. The molecule has 138 valence electrons. The number of aryl methyl sites for hydroxylation is 1. The number of imidazole rings is 1. The third kappa shape index (κ3) is 2.62. The highest BCUT2D eigenvalue weighted by Crippen LogP contribution is 2.46. The number of primary amides is 1. The first-order chi connectivity index (χ1) is 13.0. The molecule has 2 aliphatic rings. The number of hydrogen-bond donors (Lipinski definition) is 3. The normalized spacial score (nSPS) is 26.1. The Bertz CT molecular complexity index is 1090. The van der Waals surface area contributed by atoms with Crippen LogP contribution < -0.4 is 11.1 Å². The van der Waals surface area contributed by atoms with Crippen LogP contribution in [0.4, 0.5) is 5.69 Å². The molecule has 0 aliphatic heterocycles. The van der Waals surface area contributed by atoms with Crippen LogP contribution in [-0.2, 0) is 4.79 Å². The standard InChI is InChI=1S/C18H17ClN6OS/c1-7-21-6-11(27-7)17-24-15-14(10(19)5-22-18(15)25-17)23-13-9-3-2-8(4-9)12(13)16(20)26/h2-3,5-6,8-9,12-13H,4H2,1H3,(H2,20,26)(H2,22,23,24,25)/t8-,9+,12+,13-/m1/s1. The van der Waals surface area contributed by atoms with E-state index in [9.17, 15) is 4.79 Å². The summed E-state index contributed by atoms with van der Waals surface area (Å²) in [5.41, 5.74) is 7.67. The average Bonchev–Trinajstić information content (AvgIpc) is 3.39. The number of carbonyl (C=O) groups is 1. The first kappa shape index (κ1) is 16.7. The number of nitrogens with zero attached hydrogens (tertiary/aromatic N) is 3. The van der Waals surface area contributed by atoms with Gasteiger partial charge in [-0.15, -0.1) is 11.3 Å². The summed E-state index contributed by atoms with van der Waals surface area (Å²) in [6.45, 7) is 1.95. The Balaban J connectivity index is 1.56. The lowest BCUT2D eigenvalue weighted by Gasteiger charge is -2.28. The minimum absolute atomic E-state index is 0.0852. The van der Waals surface area contributed by atoms with E-state index >= 15 is 0 Å². The molecule has 5 rings (SSSR count). The van der Waals surface area contributed by atoms with Gasteiger partial charge in [-0.2, -0.15) is 0 Å². The SMILES string of the molecule is Cc1ncc(-c2nc3ncc(Cl)c(N[C@H]4[C@@H](C(N)=O)[C@@H]5C=C[C@H]4C5)c3[nH]2)s1. The number of H-pyrrole nitrogens is 1. The molecule has 3 heterocycles. The first-order valence-electron chi connectivity index (χ1n) is 8.72. The van der Waals surface area contributed by atoms with Crippen molar-refractivity contribution in [2.24, 2.45) is 23.5 Å². The second-order valence-corrected chi connectivity index (χ2v) is 8.70. The number of nitrogens with two attached hydrogens (primary N) is 1. The number of allylic oxidation sites excluding steroid dienone is 1. The number of carbonyl (C=O) groups excluding carboxylic acids is 1. The number of fused-ring (bicyclic) bond motifs is 3. The maximum atomic E-state index is 12.0. The largest absolute Gasteiger partial charge is 0.378 e. The van der Waals surface area contributed by atoms with Gasteiger partial charge in [-0.3, -0.25) is 4.79 Å². The van der Waals surface area contributed by atoms with Crippen LogP contribution in [0.5, 0.6) is 0 Å². The zero-order chi connectivity index (χ0) is 18.7. The number of rotatable bonds is 4. The molecular formula is C18H17ClN6OS. The number of anilines is 1. The summed E-state index contributed by atoms with van der Waals surface area (Å²) in [7, 11) is 0. The van der Waals surface area contributed by atoms with Crippen LogP contribution in [0.25, 0.3) is 21.9 Å². The van der Waals surface area contributed by atoms with Gasteiger partial charge in [-0.25, -0.2) is 15.0 Å². The molecule has 3 aromatic heterocycles. The van der Waals surface area contributed by atoms with Crippen LogP contribution in [0.2, 0.25) is 5.02 Å². The molecule has 0 radical (unpaired) electrons. The van der Waals surface area contributed by atoms with Crippen molar-refractivity contribution in [2.45, 2.75) is 19.4 Å². The van der Waals surface area contributed by atoms with Gasteiger partial charge in [-0.05, 0) is 25.2 Å². The van der Waals surface area contributed by atoms with Crippen molar-refractivity contribution in [1.82, 2.24) is 19.9 Å². The molecule has 7 nitrogen and oxygen atoms in total. The third-order valence-corrected chi connectivity index (χ3v) is 6.63. The molecular weight excluding hydrogens is 384 g/mol. The maximum Gasteiger partial charge on any atom is 0.223 e. The number of halogens is 1. The summed E-state index contributed by atoms with van der Waals surface area (Å²) in [4.78, 5) is 29.4. The molecule has 0 unspecified atom stereocenters. The number of aromatic amines is 1. The number of amides is 1. The highest BCUT2D eigenvalue weighted by Gasteiger charge is 2.47. The van der Waals surface area contributed by atoms with E-state index in [1.54, 1.807) is 23.7 Å². The van der Waals surface area contributed by atoms with Crippen molar-refractivity contribution in [3.05, 3.63) is 34.6 Å². The van der Waals surface area contributed by atoms with E-state index in [-0.39, 0.29) is 29.7 Å².